The summed E-state index contributed by atoms with van der Waals surface area (Å²) in [6, 6.07) is 11.4. The fraction of sp³-hybridized carbons (Fsp3) is 0.111. The van der Waals surface area contributed by atoms with Crippen LogP contribution in [0.2, 0.25) is 5.02 Å². The largest absolute Gasteiger partial charge is 0.497 e. The molecule has 2 aromatic carbocycles. The zero-order valence-corrected chi connectivity index (χ0v) is 14.8. The Kier molecular flexibility index (Phi) is 5.38. The average molecular weight is 375 g/mol. The van der Waals surface area contributed by atoms with Gasteiger partial charge in [-0.3, -0.25) is 0 Å². The molecule has 134 valence electrons. The lowest BCUT2D eigenvalue weighted by Crippen LogP contribution is -2.01. The van der Waals surface area contributed by atoms with Crippen molar-refractivity contribution >= 4 is 34.7 Å². The second kappa shape index (κ2) is 7.88. The Morgan fingerprint density at radius 2 is 1.85 bits per heavy atom. The number of hydrogen-bond acceptors (Lipinski definition) is 6. The van der Waals surface area contributed by atoms with Crippen LogP contribution in [-0.2, 0) is 0 Å². The highest BCUT2D eigenvalue weighted by Crippen LogP contribution is 2.31. The lowest BCUT2D eigenvalue weighted by atomic mass is 10.2. The molecule has 3 rings (SSSR count). The van der Waals surface area contributed by atoms with Crippen molar-refractivity contribution in [2.24, 2.45) is 0 Å². The lowest BCUT2D eigenvalue weighted by Gasteiger charge is -2.12. The van der Waals surface area contributed by atoms with E-state index in [-0.39, 0.29) is 5.02 Å². The van der Waals surface area contributed by atoms with Crippen molar-refractivity contribution in [1.29, 1.82) is 0 Å². The fourth-order valence-electron chi connectivity index (χ4n) is 2.23. The Hall–Kier alpha value is -3.06. The number of hydrogen-bond donors (Lipinski definition) is 2. The number of aromatic nitrogens is 2. The molecule has 0 aliphatic rings. The number of nitrogens with zero attached hydrogens (tertiary/aromatic N) is 2. The van der Waals surface area contributed by atoms with Crippen molar-refractivity contribution in [3.8, 4) is 11.5 Å². The van der Waals surface area contributed by atoms with Gasteiger partial charge in [0.05, 0.1) is 24.9 Å². The maximum Gasteiger partial charge on any atom is 0.229 e. The maximum absolute atomic E-state index is 13.2. The van der Waals surface area contributed by atoms with Gasteiger partial charge < -0.3 is 20.1 Å². The van der Waals surface area contributed by atoms with Crippen molar-refractivity contribution in [3.05, 3.63) is 59.5 Å². The molecule has 1 heterocycles. The third-order valence-corrected chi connectivity index (χ3v) is 3.79. The van der Waals surface area contributed by atoms with Crippen LogP contribution in [0.25, 0.3) is 0 Å². The van der Waals surface area contributed by atoms with E-state index in [1.807, 2.05) is 12.1 Å². The van der Waals surface area contributed by atoms with Crippen LogP contribution in [0, 0.1) is 5.82 Å². The summed E-state index contributed by atoms with van der Waals surface area (Å²) >= 11 is 5.78. The van der Waals surface area contributed by atoms with Crippen LogP contribution >= 0.6 is 11.6 Å². The van der Waals surface area contributed by atoms with Gasteiger partial charge >= 0.3 is 0 Å². The van der Waals surface area contributed by atoms with Gasteiger partial charge in [0.15, 0.2) is 0 Å². The molecule has 0 bridgehead atoms. The first kappa shape index (κ1) is 17.8. The topological polar surface area (TPSA) is 68.3 Å². The van der Waals surface area contributed by atoms with Gasteiger partial charge in [-0.1, -0.05) is 11.6 Å². The van der Waals surface area contributed by atoms with Crippen molar-refractivity contribution in [2.45, 2.75) is 0 Å². The smallest absolute Gasteiger partial charge is 0.229 e. The van der Waals surface area contributed by atoms with E-state index < -0.39 is 5.82 Å². The number of methoxy groups -OCH3 is 2. The zero-order chi connectivity index (χ0) is 18.5. The van der Waals surface area contributed by atoms with E-state index >= 15 is 0 Å². The Balaban J connectivity index is 1.80. The van der Waals surface area contributed by atoms with Gasteiger partial charge in [-0.2, -0.15) is 4.98 Å². The molecule has 0 fully saturated rings. The van der Waals surface area contributed by atoms with Crippen LogP contribution in [0.15, 0.2) is 48.7 Å². The van der Waals surface area contributed by atoms with Crippen molar-refractivity contribution in [1.82, 2.24) is 9.97 Å². The highest BCUT2D eigenvalue weighted by atomic mass is 35.5. The molecule has 0 atom stereocenters. The van der Waals surface area contributed by atoms with Crippen LogP contribution in [0.3, 0.4) is 0 Å². The Labute approximate surface area is 155 Å². The first-order chi connectivity index (χ1) is 12.6. The number of ether oxygens (including phenoxy) is 2. The second-order valence-corrected chi connectivity index (χ2v) is 5.62. The maximum atomic E-state index is 13.2. The molecule has 0 amide bonds. The van der Waals surface area contributed by atoms with E-state index in [1.54, 1.807) is 38.6 Å². The molecular formula is C18H16ClFN4O2. The Morgan fingerprint density at radius 1 is 1.00 bits per heavy atom. The molecular weight excluding hydrogens is 359 g/mol. The average Bonchev–Trinajstić information content (AvgIpc) is 2.65. The second-order valence-electron chi connectivity index (χ2n) is 5.21. The number of halogens is 2. The van der Waals surface area contributed by atoms with E-state index in [2.05, 4.69) is 20.6 Å². The number of benzene rings is 2. The molecule has 6 nitrogen and oxygen atoms in total. The third kappa shape index (κ3) is 4.12. The molecule has 1 aromatic heterocycles. The van der Waals surface area contributed by atoms with Gasteiger partial charge in [0.2, 0.25) is 5.95 Å². The van der Waals surface area contributed by atoms with Gasteiger partial charge in [0, 0.05) is 18.0 Å². The molecule has 26 heavy (non-hydrogen) atoms. The minimum atomic E-state index is -0.486. The fourth-order valence-corrected chi connectivity index (χ4v) is 2.41. The molecule has 0 unspecified atom stereocenters. The summed E-state index contributed by atoms with van der Waals surface area (Å²) < 4.78 is 23.8. The third-order valence-electron chi connectivity index (χ3n) is 3.50. The molecule has 8 heteroatoms. The molecule has 3 aromatic rings. The summed E-state index contributed by atoms with van der Waals surface area (Å²) in [4.78, 5) is 8.52. The van der Waals surface area contributed by atoms with E-state index in [0.29, 0.717) is 29.0 Å². The number of nitrogens with one attached hydrogen (secondary N) is 2. The van der Waals surface area contributed by atoms with Crippen LogP contribution in [0.1, 0.15) is 0 Å². The van der Waals surface area contributed by atoms with E-state index in [0.717, 1.165) is 5.69 Å². The van der Waals surface area contributed by atoms with Crippen LogP contribution < -0.4 is 20.1 Å². The summed E-state index contributed by atoms with van der Waals surface area (Å²) in [7, 11) is 3.16. The van der Waals surface area contributed by atoms with E-state index in [9.17, 15) is 4.39 Å². The summed E-state index contributed by atoms with van der Waals surface area (Å²) in [5.74, 6) is 1.71. The molecule has 0 spiro atoms. The molecule has 0 saturated carbocycles. The minimum Gasteiger partial charge on any atom is -0.497 e. The normalized spacial score (nSPS) is 10.3. The lowest BCUT2D eigenvalue weighted by molar-refractivity contribution is 0.395. The van der Waals surface area contributed by atoms with E-state index in [1.165, 1.54) is 12.1 Å². The molecule has 0 aliphatic carbocycles. The summed E-state index contributed by atoms with van der Waals surface area (Å²) in [6.45, 7) is 0. The van der Waals surface area contributed by atoms with Gasteiger partial charge in [-0.25, -0.2) is 9.37 Å². The van der Waals surface area contributed by atoms with Crippen LogP contribution in [-0.4, -0.2) is 24.2 Å². The van der Waals surface area contributed by atoms with E-state index in [4.69, 9.17) is 21.1 Å². The predicted octanol–water partition coefficient (Wildman–Crippen LogP) is 4.77. The molecule has 0 saturated heterocycles. The monoisotopic (exact) mass is 374 g/mol. The molecule has 2 N–H and O–H groups in total. The highest BCUT2D eigenvalue weighted by molar-refractivity contribution is 6.31. The Bertz CT molecular complexity index is 923. The molecule has 0 aliphatic heterocycles. The van der Waals surface area contributed by atoms with Gasteiger partial charge in [0.25, 0.3) is 0 Å². The standard InChI is InChI=1S/C18H16ClFN4O2/c1-25-12-4-6-15(16(10-12)26-2)23-17-7-8-21-18(24-17)22-11-3-5-14(20)13(19)9-11/h3-10H,1-2H3,(H2,21,22,23,24). The van der Waals surface area contributed by atoms with Gasteiger partial charge in [-0.05, 0) is 36.4 Å². The summed E-state index contributed by atoms with van der Waals surface area (Å²) in [6.07, 6.45) is 1.60. The zero-order valence-electron chi connectivity index (χ0n) is 14.1. The highest BCUT2D eigenvalue weighted by Gasteiger charge is 2.08. The van der Waals surface area contributed by atoms with Gasteiger partial charge in [0.1, 0.15) is 23.1 Å². The first-order valence-corrected chi connectivity index (χ1v) is 8.01. The van der Waals surface area contributed by atoms with Crippen molar-refractivity contribution in [3.63, 3.8) is 0 Å². The quantitative estimate of drug-likeness (QED) is 0.647. The SMILES string of the molecule is COc1ccc(Nc2ccnc(Nc3ccc(F)c(Cl)c3)n2)c(OC)c1. The predicted molar refractivity (Wildman–Crippen MR) is 99.6 cm³/mol. The number of anilines is 4. The van der Waals surface area contributed by atoms with Gasteiger partial charge in [-0.15, -0.1) is 0 Å². The summed E-state index contributed by atoms with van der Waals surface area (Å²) in [5, 5.41) is 6.16. The Morgan fingerprint density at radius 3 is 2.58 bits per heavy atom. The first-order valence-electron chi connectivity index (χ1n) is 7.63. The minimum absolute atomic E-state index is 0.0206. The number of rotatable bonds is 6. The van der Waals surface area contributed by atoms with Crippen LogP contribution in [0.5, 0.6) is 11.5 Å². The molecule has 0 radical (unpaired) electrons. The van der Waals surface area contributed by atoms with Crippen molar-refractivity contribution < 1.29 is 13.9 Å². The van der Waals surface area contributed by atoms with Crippen molar-refractivity contribution in [2.75, 3.05) is 24.9 Å². The van der Waals surface area contributed by atoms with Crippen LogP contribution in [0.4, 0.5) is 27.5 Å². The summed E-state index contributed by atoms with van der Waals surface area (Å²) in [5.41, 5.74) is 1.30.